The van der Waals surface area contributed by atoms with Gasteiger partial charge in [-0.15, -0.1) is 0 Å². The number of amides is 2. The molecule has 0 spiro atoms. The smallest absolute Gasteiger partial charge is 0.273 e. The summed E-state index contributed by atoms with van der Waals surface area (Å²) in [6.07, 6.45) is 5.26. The number of para-hydroxylation sites is 1. The second-order valence-electron chi connectivity index (χ2n) is 8.17. The SMILES string of the molecule is Cc1cc(C(=O)NC2CCC(C(=O)N(C)CCn3ccc4ccccc43)CC2)no1. The molecule has 2 heterocycles. The molecule has 0 atom stereocenters. The number of aryl methyl sites for hydroxylation is 1. The van der Waals surface area contributed by atoms with Gasteiger partial charge in [-0.2, -0.15) is 0 Å². The number of fused-ring (bicyclic) bond motifs is 1. The van der Waals surface area contributed by atoms with Crippen molar-refractivity contribution in [3.05, 3.63) is 54.0 Å². The lowest BCUT2D eigenvalue weighted by Crippen LogP contribution is -2.42. The molecule has 0 unspecified atom stereocenters. The molecule has 1 aromatic carbocycles. The highest BCUT2D eigenvalue weighted by molar-refractivity contribution is 5.92. The molecule has 1 aliphatic carbocycles. The van der Waals surface area contributed by atoms with E-state index >= 15 is 0 Å². The number of hydrogen-bond acceptors (Lipinski definition) is 4. The lowest BCUT2D eigenvalue weighted by Gasteiger charge is -2.31. The van der Waals surface area contributed by atoms with Crippen molar-refractivity contribution in [3.63, 3.8) is 0 Å². The molecule has 30 heavy (non-hydrogen) atoms. The van der Waals surface area contributed by atoms with Gasteiger partial charge in [0.1, 0.15) is 5.76 Å². The molecule has 7 heteroatoms. The topological polar surface area (TPSA) is 80.4 Å². The molecule has 4 rings (SSSR count). The maximum atomic E-state index is 12.9. The largest absolute Gasteiger partial charge is 0.361 e. The molecule has 1 saturated carbocycles. The summed E-state index contributed by atoms with van der Waals surface area (Å²) in [5.41, 5.74) is 1.50. The summed E-state index contributed by atoms with van der Waals surface area (Å²) in [5, 5.41) is 7.98. The second kappa shape index (κ2) is 8.73. The quantitative estimate of drug-likeness (QED) is 0.678. The third-order valence-corrected chi connectivity index (χ3v) is 6.01. The lowest BCUT2D eigenvalue weighted by molar-refractivity contribution is -0.135. The zero-order valence-electron chi connectivity index (χ0n) is 17.5. The van der Waals surface area contributed by atoms with Crippen molar-refractivity contribution in [1.82, 2.24) is 19.9 Å². The van der Waals surface area contributed by atoms with Crippen LogP contribution in [0.15, 0.2) is 47.1 Å². The number of nitrogens with one attached hydrogen (secondary N) is 1. The van der Waals surface area contributed by atoms with Gasteiger partial charge in [0.25, 0.3) is 5.91 Å². The number of aromatic nitrogens is 2. The maximum Gasteiger partial charge on any atom is 0.273 e. The maximum absolute atomic E-state index is 12.9. The Morgan fingerprint density at radius 3 is 2.70 bits per heavy atom. The number of benzene rings is 1. The van der Waals surface area contributed by atoms with Crippen molar-refractivity contribution in [2.75, 3.05) is 13.6 Å². The molecule has 0 aliphatic heterocycles. The molecule has 1 N–H and O–H groups in total. The fourth-order valence-electron chi connectivity index (χ4n) is 4.23. The molecule has 0 saturated heterocycles. The van der Waals surface area contributed by atoms with Crippen molar-refractivity contribution < 1.29 is 14.1 Å². The number of carbonyl (C=O) groups excluding carboxylic acids is 2. The lowest BCUT2D eigenvalue weighted by atomic mass is 9.85. The van der Waals surface area contributed by atoms with Gasteiger partial charge in [0.2, 0.25) is 5.91 Å². The minimum absolute atomic E-state index is 0.0267. The molecule has 1 aliphatic rings. The molecule has 158 valence electrons. The molecular formula is C23H28N4O3. The van der Waals surface area contributed by atoms with E-state index in [0.717, 1.165) is 32.2 Å². The van der Waals surface area contributed by atoms with Crippen LogP contribution in [0.2, 0.25) is 0 Å². The highest BCUT2D eigenvalue weighted by atomic mass is 16.5. The van der Waals surface area contributed by atoms with Crippen molar-refractivity contribution in [2.45, 2.75) is 45.2 Å². The van der Waals surface area contributed by atoms with Gasteiger partial charge >= 0.3 is 0 Å². The first-order valence-electron chi connectivity index (χ1n) is 10.5. The van der Waals surface area contributed by atoms with Crippen LogP contribution in [-0.4, -0.2) is 46.1 Å². The van der Waals surface area contributed by atoms with E-state index in [4.69, 9.17) is 4.52 Å². The Labute approximate surface area is 176 Å². The first-order chi connectivity index (χ1) is 14.5. The Balaban J connectivity index is 1.25. The first-order valence-corrected chi connectivity index (χ1v) is 10.5. The number of rotatable bonds is 6. The molecule has 0 bridgehead atoms. The average molecular weight is 409 g/mol. The third-order valence-electron chi connectivity index (χ3n) is 6.01. The normalized spacial score (nSPS) is 19.0. The monoisotopic (exact) mass is 408 g/mol. The van der Waals surface area contributed by atoms with Crippen molar-refractivity contribution in [2.24, 2.45) is 5.92 Å². The van der Waals surface area contributed by atoms with Crippen LogP contribution in [-0.2, 0) is 11.3 Å². The Morgan fingerprint density at radius 1 is 1.20 bits per heavy atom. The van der Waals surface area contributed by atoms with Crippen molar-refractivity contribution >= 4 is 22.7 Å². The van der Waals surface area contributed by atoms with Crippen LogP contribution in [0.1, 0.15) is 41.9 Å². The predicted molar refractivity (Wildman–Crippen MR) is 114 cm³/mol. The van der Waals surface area contributed by atoms with E-state index in [9.17, 15) is 9.59 Å². The highest BCUT2D eigenvalue weighted by Crippen LogP contribution is 2.26. The predicted octanol–water partition coefficient (Wildman–Crippen LogP) is 3.38. The third kappa shape index (κ3) is 4.40. The van der Waals surface area contributed by atoms with Crippen LogP contribution < -0.4 is 5.32 Å². The Bertz CT molecular complexity index is 1030. The van der Waals surface area contributed by atoms with E-state index in [2.05, 4.69) is 39.4 Å². The van der Waals surface area contributed by atoms with Crippen LogP contribution in [0, 0.1) is 12.8 Å². The number of carbonyl (C=O) groups is 2. The van der Waals surface area contributed by atoms with Gasteiger partial charge in [-0.05, 0) is 50.1 Å². The minimum atomic E-state index is -0.210. The summed E-state index contributed by atoms with van der Waals surface area (Å²) >= 11 is 0. The number of likely N-dealkylation sites (N-methyl/N-ethyl adjacent to an activating group) is 1. The van der Waals surface area contributed by atoms with Crippen LogP contribution in [0.5, 0.6) is 0 Å². The van der Waals surface area contributed by atoms with Gasteiger partial charge in [0.05, 0.1) is 0 Å². The fourth-order valence-corrected chi connectivity index (χ4v) is 4.23. The van der Waals surface area contributed by atoms with Gasteiger partial charge in [-0.1, -0.05) is 23.4 Å². The zero-order chi connectivity index (χ0) is 21.1. The molecule has 0 radical (unpaired) electrons. The van der Waals surface area contributed by atoms with Crippen LogP contribution in [0.3, 0.4) is 0 Å². The minimum Gasteiger partial charge on any atom is -0.361 e. The van der Waals surface area contributed by atoms with Crippen LogP contribution >= 0.6 is 0 Å². The molecule has 7 nitrogen and oxygen atoms in total. The Hall–Kier alpha value is -3.09. The van der Waals surface area contributed by atoms with Gasteiger partial charge in [-0.25, -0.2) is 0 Å². The van der Waals surface area contributed by atoms with Gasteiger partial charge in [0, 0.05) is 49.9 Å². The molecular weight excluding hydrogens is 380 g/mol. The van der Waals surface area contributed by atoms with E-state index in [1.165, 1.54) is 10.9 Å². The number of nitrogens with zero attached hydrogens (tertiary/aromatic N) is 3. The van der Waals surface area contributed by atoms with Gasteiger partial charge in [-0.3, -0.25) is 9.59 Å². The average Bonchev–Trinajstić information content (AvgIpc) is 3.38. The molecule has 2 aromatic heterocycles. The summed E-state index contributed by atoms with van der Waals surface area (Å²) in [4.78, 5) is 27.0. The van der Waals surface area contributed by atoms with Crippen LogP contribution in [0.4, 0.5) is 0 Å². The number of hydrogen-bond donors (Lipinski definition) is 1. The van der Waals surface area contributed by atoms with E-state index in [-0.39, 0.29) is 23.8 Å². The fraction of sp³-hybridized carbons (Fsp3) is 0.435. The zero-order valence-corrected chi connectivity index (χ0v) is 17.5. The molecule has 1 fully saturated rings. The summed E-state index contributed by atoms with van der Waals surface area (Å²) in [7, 11) is 1.88. The van der Waals surface area contributed by atoms with E-state index in [0.29, 0.717) is 18.0 Å². The van der Waals surface area contributed by atoms with E-state index < -0.39 is 0 Å². The Morgan fingerprint density at radius 2 is 1.97 bits per heavy atom. The van der Waals surface area contributed by atoms with Crippen LogP contribution in [0.25, 0.3) is 10.9 Å². The molecule has 2 amide bonds. The Kier molecular flexibility index (Phi) is 5.88. The van der Waals surface area contributed by atoms with Crippen molar-refractivity contribution in [1.29, 1.82) is 0 Å². The summed E-state index contributed by atoms with van der Waals surface area (Å²) in [5.74, 6) is 0.630. The highest BCUT2D eigenvalue weighted by Gasteiger charge is 2.29. The summed E-state index contributed by atoms with van der Waals surface area (Å²) in [6, 6.07) is 12.1. The van der Waals surface area contributed by atoms with Gasteiger partial charge in [0.15, 0.2) is 5.69 Å². The van der Waals surface area contributed by atoms with E-state index in [1.807, 2.05) is 24.1 Å². The summed E-state index contributed by atoms with van der Waals surface area (Å²) in [6.45, 7) is 3.22. The van der Waals surface area contributed by atoms with Gasteiger partial charge < -0.3 is 19.3 Å². The van der Waals surface area contributed by atoms with Crippen molar-refractivity contribution in [3.8, 4) is 0 Å². The first kappa shape index (κ1) is 20.2. The second-order valence-corrected chi connectivity index (χ2v) is 8.17. The molecule has 3 aromatic rings. The summed E-state index contributed by atoms with van der Waals surface area (Å²) < 4.78 is 7.15. The van der Waals surface area contributed by atoms with E-state index in [1.54, 1.807) is 13.0 Å². The standard InChI is InChI=1S/C23H28N4O3/c1-16-15-20(25-30-16)22(28)24-19-9-7-18(8-10-19)23(29)26(2)13-14-27-12-11-17-5-3-4-6-21(17)27/h3-6,11-12,15,18-19H,7-10,13-14H2,1-2H3,(H,24,28).